The second kappa shape index (κ2) is 6.47. The number of rotatable bonds is 0. The van der Waals surface area contributed by atoms with Crippen LogP contribution in [-0.4, -0.2) is 5.78 Å². The second-order valence-electron chi connectivity index (χ2n) is 3.70. The summed E-state index contributed by atoms with van der Waals surface area (Å²) in [6.45, 7) is 0. The van der Waals surface area contributed by atoms with Gasteiger partial charge in [0.25, 0.3) is 0 Å². The number of Topliss-reactive ketones (excluding diaryl/α,β-unsaturated/α-hetero) is 1. The van der Waals surface area contributed by atoms with Gasteiger partial charge in [0.2, 0.25) is 0 Å². The van der Waals surface area contributed by atoms with Gasteiger partial charge in [0, 0.05) is 0 Å². The van der Waals surface area contributed by atoms with E-state index in [2.05, 4.69) is 0 Å². The molecule has 0 N–H and O–H groups in total. The Labute approximate surface area is 107 Å². The third kappa shape index (κ3) is 3.19. The molecule has 84 valence electrons. The maximum Gasteiger partial charge on any atom is 2.00 e. The van der Waals surface area contributed by atoms with Gasteiger partial charge in [-0.2, -0.15) is 35.9 Å². The van der Waals surface area contributed by atoms with Crippen molar-refractivity contribution in [2.24, 2.45) is 0 Å². The van der Waals surface area contributed by atoms with Gasteiger partial charge in [0.15, 0.2) is 0 Å². The molecule has 1 nitrogen and oxygen atoms in total. The molecule has 16 heavy (non-hydrogen) atoms. The molecule has 0 saturated heterocycles. The van der Waals surface area contributed by atoms with E-state index in [0.717, 1.165) is 24.8 Å². The van der Waals surface area contributed by atoms with Gasteiger partial charge in [0.05, 0.1) is 5.78 Å². The third-order valence-corrected chi connectivity index (χ3v) is 2.61. The molecule has 0 fully saturated rings. The quantitative estimate of drug-likeness (QED) is 0.520. The second-order valence-corrected chi connectivity index (χ2v) is 3.70. The van der Waals surface area contributed by atoms with E-state index in [4.69, 9.17) is 0 Å². The van der Waals surface area contributed by atoms with Crippen molar-refractivity contribution in [3.8, 4) is 0 Å². The van der Waals surface area contributed by atoms with Gasteiger partial charge in [-0.15, -0.1) is 11.6 Å². The summed E-state index contributed by atoms with van der Waals surface area (Å²) in [7, 11) is 0. The van der Waals surface area contributed by atoms with Crippen LogP contribution < -0.4 is 0 Å². The Morgan fingerprint density at radius 2 is 1.81 bits per heavy atom. The molecule has 3 rings (SSSR count). The predicted molar refractivity (Wildman–Crippen MR) is 61.3 cm³/mol. The van der Waals surface area contributed by atoms with Gasteiger partial charge in [-0.3, -0.25) is 0 Å². The Hall–Kier alpha value is -1.11. The van der Waals surface area contributed by atoms with Gasteiger partial charge >= 0.3 is 17.1 Å². The van der Waals surface area contributed by atoms with E-state index in [1.807, 2.05) is 48.5 Å². The van der Waals surface area contributed by atoms with E-state index in [1.54, 1.807) is 0 Å². The van der Waals surface area contributed by atoms with Crippen molar-refractivity contribution in [1.82, 2.24) is 0 Å². The Bertz CT molecular complexity index is 394. The molecule has 0 atom stereocenters. The largest absolute Gasteiger partial charge is 2.00 e. The molecule has 0 aromatic heterocycles. The molecule has 0 heterocycles. The summed E-state index contributed by atoms with van der Waals surface area (Å²) >= 11 is 0. The van der Waals surface area contributed by atoms with Crippen LogP contribution in [0, 0.1) is 0 Å². The van der Waals surface area contributed by atoms with Crippen LogP contribution in [0.3, 0.4) is 0 Å². The molecule has 0 bridgehead atoms. The van der Waals surface area contributed by atoms with E-state index in [9.17, 15) is 4.79 Å². The SMILES string of the molecule is O=C1CCCc2cc[cH-]c21.[Fe+2].c1cc[cH-]c1. The Morgan fingerprint density at radius 3 is 2.38 bits per heavy atom. The summed E-state index contributed by atoms with van der Waals surface area (Å²) in [5, 5.41) is 0. The maximum atomic E-state index is 11.1. The molecule has 2 aromatic rings. The summed E-state index contributed by atoms with van der Waals surface area (Å²) in [5.74, 6) is 0.325. The van der Waals surface area contributed by atoms with E-state index in [-0.39, 0.29) is 17.1 Å². The van der Waals surface area contributed by atoms with Gasteiger partial charge in [-0.25, -0.2) is 12.1 Å². The van der Waals surface area contributed by atoms with Gasteiger partial charge in [-0.05, 0) is 6.42 Å². The van der Waals surface area contributed by atoms with Gasteiger partial charge in [0.1, 0.15) is 0 Å². The summed E-state index contributed by atoms with van der Waals surface area (Å²) in [6.07, 6.45) is 2.88. The molecule has 0 unspecified atom stereocenters. The average molecular weight is 254 g/mol. The van der Waals surface area contributed by atoms with Crippen molar-refractivity contribution in [2.45, 2.75) is 19.3 Å². The van der Waals surface area contributed by atoms with Crippen LogP contribution in [-0.2, 0) is 23.5 Å². The maximum absolute atomic E-state index is 11.1. The first kappa shape index (κ1) is 13.0. The van der Waals surface area contributed by atoms with Crippen molar-refractivity contribution in [1.29, 1.82) is 0 Å². The zero-order valence-electron chi connectivity index (χ0n) is 9.00. The van der Waals surface area contributed by atoms with Crippen LogP contribution in [0.25, 0.3) is 0 Å². The van der Waals surface area contributed by atoms with Crippen molar-refractivity contribution in [2.75, 3.05) is 0 Å². The average Bonchev–Trinajstić information content (AvgIpc) is 2.93. The number of hydrogen-bond acceptors (Lipinski definition) is 1. The van der Waals surface area contributed by atoms with Crippen molar-refractivity contribution in [3.05, 3.63) is 59.7 Å². The van der Waals surface area contributed by atoms with E-state index in [0.29, 0.717) is 5.78 Å². The fourth-order valence-corrected chi connectivity index (χ4v) is 1.84. The summed E-state index contributed by atoms with van der Waals surface area (Å²) in [5.41, 5.74) is 2.21. The fraction of sp³-hybridized carbons (Fsp3) is 0.214. The molecule has 1 aliphatic carbocycles. The van der Waals surface area contributed by atoms with Crippen molar-refractivity contribution >= 4 is 5.78 Å². The number of carbonyl (C=O) groups excluding carboxylic acids is 1. The summed E-state index contributed by atoms with van der Waals surface area (Å²) in [4.78, 5) is 11.1. The van der Waals surface area contributed by atoms with Crippen molar-refractivity contribution in [3.63, 3.8) is 0 Å². The number of fused-ring (bicyclic) bond motifs is 1. The summed E-state index contributed by atoms with van der Waals surface area (Å²) < 4.78 is 0. The number of aryl methyl sites for hydroxylation is 1. The van der Waals surface area contributed by atoms with E-state index < -0.39 is 0 Å². The molecule has 0 spiro atoms. The van der Waals surface area contributed by atoms with Gasteiger partial charge in [-0.1, -0.05) is 12.8 Å². The molecule has 2 heteroatoms. The minimum atomic E-state index is 0. The Kier molecular flexibility index (Phi) is 5.24. The van der Waals surface area contributed by atoms with E-state index in [1.165, 1.54) is 5.56 Å². The first-order valence-corrected chi connectivity index (χ1v) is 5.32. The summed E-state index contributed by atoms with van der Waals surface area (Å²) in [6, 6.07) is 15.9. The minimum Gasteiger partial charge on any atom is -0.352 e. The topological polar surface area (TPSA) is 17.1 Å². The van der Waals surface area contributed by atoms with Crippen LogP contribution in [0.4, 0.5) is 0 Å². The normalized spacial score (nSPS) is 13.1. The predicted octanol–water partition coefficient (Wildman–Crippen LogP) is 3.33. The number of hydrogen-bond donors (Lipinski definition) is 0. The molecule has 1 aliphatic rings. The molecule has 0 amide bonds. The molecule has 0 saturated carbocycles. The van der Waals surface area contributed by atoms with Crippen molar-refractivity contribution < 1.29 is 21.9 Å². The smallest absolute Gasteiger partial charge is 0.352 e. The molecular formula is C14H14FeO. The Balaban J connectivity index is 0.000000183. The fourth-order valence-electron chi connectivity index (χ4n) is 1.84. The first-order chi connectivity index (χ1) is 7.38. The first-order valence-electron chi connectivity index (χ1n) is 5.32. The molecule has 2 aromatic carbocycles. The van der Waals surface area contributed by atoms with Crippen LogP contribution in [0.5, 0.6) is 0 Å². The van der Waals surface area contributed by atoms with Gasteiger partial charge < -0.3 is 4.79 Å². The minimum absolute atomic E-state index is 0. The number of carbonyl (C=O) groups is 1. The Morgan fingerprint density at radius 1 is 1.06 bits per heavy atom. The van der Waals surface area contributed by atoms with E-state index >= 15 is 0 Å². The molecular weight excluding hydrogens is 240 g/mol. The van der Waals surface area contributed by atoms with Crippen LogP contribution >= 0.6 is 0 Å². The molecule has 0 aliphatic heterocycles. The zero-order valence-corrected chi connectivity index (χ0v) is 10.1. The van der Waals surface area contributed by atoms with Crippen LogP contribution in [0.2, 0.25) is 0 Å². The number of ketones is 1. The monoisotopic (exact) mass is 254 g/mol. The molecule has 0 radical (unpaired) electrons. The zero-order chi connectivity index (χ0) is 10.5. The van der Waals surface area contributed by atoms with Crippen LogP contribution in [0.1, 0.15) is 28.8 Å². The standard InChI is InChI=1S/C9H9O.C5H5.Fe/c10-9-6-2-4-7-3-1-5-8(7)9;1-2-4-5-3-1;/h1,3,5H,2,4,6H2;1-5H;/q2*-1;+2. The van der Waals surface area contributed by atoms with Crippen LogP contribution in [0.15, 0.2) is 48.5 Å². The third-order valence-electron chi connectivity index (χ3n) is 2.61.